The van der Waals surface area contributed by atoms with Crippen LogP contribution in [-0.4, -0.2) is 20.3 Å². The summed E-state index contributed by atoms with van der Waals surface area (Å²) >= 11 is 0. The summed E-state index contributed by atoms with van der Waals surface area (Å²) in [5.41, 5.74) is 2.69. The maximum Gasteiger partial charge on any atom is 0.122 e. The van der Waals surface area contributed by atoms with Crippen molar-refractivity contribution < 1.29 is 9.47 Å². The van der Waals surface area contributed by atoms with Crippen LogP contribution in [0, 0.1) is 0 Å². The highest BCUT2D eigenvalue weighted by Crippen LogP contribution is 2.22. The average molecular weight is 222 g/mol. The van der Waals surface area contributed by atoms with Gasteiger partial charge >= 0.3 is 0 Å². The minimum absolute atomic E-state index is 0.624. The van der Waals surface area contributed by atoms with Crippen molar-refractivity contribution in [3.05, 3.63) is 29.3 Å². The van der Waals surface area contributed by atoms with Crippen molar-refractivity contribution in [2.45, 2.75) is 33.1 Å². The molecule has 0 amide bonds. The van der Waals surface area contributed by atoms with Gasteiger partial charge in [-0.05, 0) is 30.0 Å². The molecular weight excluding hydrogens is 200 g/mol. The van der Waals surface area contributed by atoms with Crippen LogP contribution >= 0.6 is 0 Å². The lowest BCUT2D eigenvalue weighted by Gasteiger charge is -2.12. The van der Waals surface area contributed by atoms with Crippen molar-refractivity contribution >= 4 is 0 Å². The van der Waals surface area contributed by atoms with Gasteiger partial charge in [0.25, 0.3) is 0 Å². The van der Waals surface area contributed by atoms with Gasteiger partial charge in [0.2, 0.25) is 0 Å². The predicted octanol–water partition coefficient (Wildman–Crippen LogP) is 3.23. The van der Waals surface area contributed by atoms with E-state index < -0.39 is 0 Å². The summed E-state index contributed by atoms with van der Waals surface area (Å²) in [6.45, 7) is 5.63. The zero-order valence-electron chi connectivity index (χ0n) is 10.6. The standard InChI is InChI=1S/C14H22O2/c1-4-6-13-11-12(5-2)7-8-14(13)16-10-9-15-3/h7-8,11H,4-6,9-10H2,1-3H3. The van der Waals surface area contributed by atoms with Gasteiger partial charge in [0, 0.05) is 7.11 Å². The molecule has 0 unspecified atom stereocenters. The van der Waals surface area contributed by atoms with Gasteiger partial charge in [0.05, 0.1) is 6.61 Å². The van der Waals surface area contributed by atoms with E-state index in [9.17, 15) is 0 Å². The van der Waals surface area contributed by atoms with E-state index in [-0.39, 0.29) is 0 Å². The Bertz CT molecular complexity index is 308. The molecule has 0 aliphatic heterocycles. The molecule has 0 aromatic heterocycles. The third-order valence-corrected chi connectivity index (χ3v) is 2.60. The second-order valence-corrected chi connectivity index (χ2v) is 3.89. The maximum absolute atomic E-state index is 5.70. The molecule has 0 radical (unpaired) electrons. The fourth-order valence-electron chi connectivity index (χ4n) is 1.69. The van der Waals surface area contributed by atoms with Crippen molar-refractivity contribution in [1.82, 2.24) is 0 Å². The summed E-state index contributed by atoms with van der Waals surface area (Å²) in [7, 11) is 1.69. The summed E-state index contributed by atoms with van der Waals surface area (Å²) in [6, 6.07) is 6.48. The van der Waals surface area contributed by atoms with Gasteiger partial charge in [-0.1, -0.05) is 32.4 Å². The Morgan fingerprint density at radius 3 is 2.56 bits per heavy atom. The van der Waals surface area contributed by atoms with Gasteiger partial charge in [0.15, 0.2) is 0 Å². The first-order valence-corrected chi connectivity index (χ1v) is 6.05. The van der Waals surface area contributed by atoms with Crippen molar-refractivity contribution in [2.24, 2.45) is 0 Å². The minimum Gasteiger partial charge on any atom is -0.491 e. The van der Waals surface area contributed by atoms with E-state index in [4.69, 9.17) is 9.47 Å². The van der Waals surface area contributed by atoms with Crippen molar-refractivity contribution in [3.8, 4) is 5.75 Å². The van der Waals surface area contributed by atoms with Crippen LogP contribution in [0.4, 0.5) is 0 Å². The molecule has 0 atom stereocenters. The first-order valence-electron chi connectivity index (χ1n) is 6.05. The minimum atomic E-state index is 0.624. The lowest BCUT2D eigenvalue weighted by atomic mass is 10.0. The Morgan fingerprint density at radius 1 is 1.12 bits per heavy atom. The summed E-state index contributed by atoms with van der Waals surface area (Å²) < 4.78 is 10.7. The van der Waals surface area contributed by atoms with E-state index in [1.807, 2.05) is 0 Å². The van der Waals surface area contributed by atoms with Gasteiger partial charge in [0.1, 0.15) is 12.4 Å². The van der Waals surface area contributed by atoms with E-state index in [2.05, 4.69) is 32.0 Å². The molecule has 0 N–H and O–H groups in total. The Balaban J connectivity index is 2.72. The van der Waals surface area contributed by atoms with E-state index in [1.165, 1.54) is 11.1 Å². The first-order chi connectivity index (χ1) is 7.81. The molecule has 1 aromatic carbocycles. The zero-order chi connectivity index (χ0) is 11.8. The van der Waals surface area contributed by atoms with Crippen LogP contribution in [0.5, 0.6) is 5.75 Å². The molecule has 0 spiro atoms. The average Bonchev–Trinajstić information content (AvgIpc) is 2.31. The molecule has 0 heterocycles. The van der Waals surface area contributed by atoms with Crippen LogP contribution in [0.1, 0.15) is 31.4 Å². The van der Waals surface area contributed by atoms with E-state index >= 15 is 0 Å². The summed E-state index contributed by atoms with van der Waals surface area (Å²) in [5.74, 6) is 1.01. The maximum atomic E-state index is 5.70. The first kappa shape index (κ1) is 13.0. The van der Waals surface area contributed by atoms with E-state index in [0.717, 1.165) is 25.0 Å². The molecule has 0 aliphatic rings. The van der Waals surface area contributed by atoms with Crippen LogP contribution in [0.15, 0.2) is 18.2 Å². The summed E-state index contributed by atoms with van der Waals surface area (Å²) in [6.07, 6.45) is 3.30. The van der Waals surface area contributed by atoms with E-state index in [1.54, 1.807) is 7.11 Å². The molecule has 16 heavy (non-hydrogen) atoms. The van der Waals surface area contributed by atoms with Crippen LogP contribution in [0.25, 0.3) is 0 Å². The van der Waals surface area contributed by atoms with Crippen molar-refractivity contribution in [1.29, 1.82) is 0 Å². The number of hydrogen-bond donors (Lipinski definition) is 0. The third-order valence-electron chi connectivity index (χ3n) is 2.60. The Hall–Kier alpha value is -1.02. The Morgan fingerprint density at radius 2 is 1.94 bits per heavy atom. The molecule has 1 rings (SSSR count). The van der Waals surface area contributed by atoms with Crippen LogP contribution in [0.2, 0.25) is 0 Å². The molecule has 0 saturated carbocycles. The number of benzene rings is 1. The molecular formula is C14H22O2. The van der Waals surface area contributed by atoms with Gasteiger partial charge in [-0.3, -0.25) is 0 Å². The number of ether oxygens (including phenoxy) is 2. The quantitative estimate of drug-likeness (QED) is 0.659. The lowest BCUT2D eigenvalue weighted by molar-refractivity contribution is 0.145. The topological polar surface area (TPSA) is 18.5 Å². The molecule has 2 heteroatoms. The lowest BCUT2D eigenvalue weighted by Crippen LogP contribution is -2.06. The molecule has 0 aliphatic carbocycles. The van der Waals surface area contributed by atoms with Gasteiger partial charge < -0.3 is 9.47 Å². The van der Waals surface area contributed by atoms with Gasteiger partial charge in [-0.15, -0.1) is 0 Å². The van der Waals surface area contributed by atoms with Crippen LogP contribution in [0.3, 0.4) is 0 Å². The van der Waals surface area contributed by atoms with Crippen LogP contribution < -0.4 is 4.74 Å². The monoisotopic (exact) mass is 222 g/mol. The number of aryl methyl sites for hydroxylation is 2. The number of rotatable bonds is 7. The molecule has 2 nitrogen and oxygen atoms in total. The van der Waals surface area contributed by atoms with Gasteiger partial charge in [-0.2, -0.15) is 0 Å². The molecule has 0 saturated heterocycles. The van der Waals surface area contributed by atoms with E-state index in [0.29, 0.717) is 13.2 Å². The second-order valence-electron chi connectivity index (χ2n) is 3.89. The third kappa shape index (κ3) is 3.86. The largest absolute Gasteiger partial charge is 0.491 e. The van der Waals surface area contributed by atoms with Gasteiger partial charge in [-0.25, -0.2) is 0 Å². The highest BCUT2D eigenvalue weighted by Gasteiger charge is 2.04. The molecule has 0 bridgehead atoms. The van der Waals surface area contributed by atoms with Crippen molar-refractivity contribution in [2.75, 3.05) is 20.3 Å². The fraction of sp³-hybridized carbons (Fsp3) is 0.571. The second kappa shape index (κ2) is 7.29. The Kier molecular flexibility index (Phi) is 5.94. The van der Waals surface area contributed by atoms with Crippen LogP contribution in [-0.2, 0) is 17.6 Å². The number of hydrogen-bond acceptors (Lipinski definition) is 2. The summed E-state index contributed by atoms with van der Waals surface area (Å²) in [5, 5.41) is 0. The predicted molar refractivity (Wildman–Crippen MR) is 67.2 cm³/mol. The zero-order valence-corrected chi connectivity index (χ0v) is 10.6. The highest BCUT2D eigenvalue weighted by molar-refractivity contribution is 5.37. The normalized spacial score (nSPS) is 10.4. The van der Waals surface area contributed by atoms with Crippen molar-refractivity contribution in [3.63, 3.8) is 0 Å². The fourth-order valence-corrected chi connectivity index (χ4v) is 1.69. The summed E-state index contributed by atoms with van der Waals surface area (Å²) in [4.78, 5) is 0. The smallest absolute Gasteiger partial charge is 0.122 e. The Labute approximate surface area is 98.6 Å². The SMILES string of the molecule is CCCc1cc(CC)ccc1OCCOC. The highest BCUT2D eigenvalue weighted by atomic mass is 16.5. The molecule has 0 fully saturated rings. The molecule has 90 valence electrons. The molecule has 1 aromatic rings. The number of methoxy groups -OCH3 is 1.